The van der Waals surface area contributed by atoms with Gasteiger partial charge in [0.05, 0.1) is 22.6 Å². The van der Waals surface area contributed by atoms with Crippen LogP contribution < -0.4 is 5.63 Å². The summed E-state index contributed by atoms with van der Waals surface area (Å²) in [4.78, 5) is 17.4. The van der Waals surface area contributed by atoms with Crippen molar-refractivity contribution in [2.75, 3.05) is 0 Å². The van der Waals surface area contributed by atoms with Crippen molar-refractivity contribution in [3.8, 4) is 27.6 Å². The maximum Gasteiger partial charge on any atom is 0.345 e. The molecule has 3 aromatic heterocycles. The van der Waals surface area contributed by atoms with Crippen LogP contribution in [0.25, 0.3) is 38.6 Å². The number of hydrogen-bond donors (Lipinski definition) is 0. The summed E-state index contributed by atoms with van der Waals surface area (Å²) in [5.74, 6) is 0. The molecule has 5 nitrogen and oxygen atoms in total. The summed E-state index contributed by atoms with van der Waals surface area (Å²) in [5, 5.41) is 8.53. The molecule has 0 atom stereocenters. The van der Waals surface area contributed by atoms with Crippen LogP contribution in [0.4, 0.5) is 0 Å². The molecule has 0 amide bonds. The molecule has 0 aliphatic carbocycles. The van der Waals surface area contributed by atoms with Gasteiger partial charge in [0.1, 0.15) is 5.58 Å². The Labute approximate surface area is 188 Å². The first-order chi connectivity index (χ1) is 14.5. The highest BCUT2D eigenvalue weighted by molar-refractivity contribution is 9.10. The molecule has 0 aliphatic heterocycles. The first kappa shape index (κ1) is 19.2. The second-order valence-electron chi connectivity index (χ2n) is 6.73. The van der Waals surface area contributed by atoms with E-state index in [0.717, 1.165) is 26.8 Å². The van der Waals surface area contributed by atoms with E-state index in [1.165, 1.54) is 11.3 Å². The Morgan fingerprint density at radius 2 is 1.90 bits per heavy atom. The molecule has 5 rings (SSSR count). The molecule has 0 saturated carbocycles. The third-order valence-electron chi connectivity index (χ3n) is 4.61. The Hall–Kier alpha value is -2.74. The summed E-state index contributed by atoms with van der Waals surface area (Å²) in [6.45, 7) is 1.88. The maximum absolute atomic E-state index is 12.7. The minimum Gasteiger partial charge on any atom is -0.422 e. The van der Waals surface area contributed by atoms with Gasteiger partial charge in [-0.3, -0.25) is 0 Å². The van der Waals surface area contributed by atoms with E-state index >= 15 is 0 Å². The zero-order valence-corrected chi connectivity index (χ0v) is 18.8. The molecule has 0 fully saturated rings. The van der Waals surface area contributed by atoms with E-state index in [1.807, 2.05) is 42.6 Å². The number of aromatic nitrogens is 3. The van der Waals surface area contributed by atoms with Crippen LogP contribution in [0, 0.1) is 6.92 Å². The van der Waals surface area contributed by atoms with E-state index in [4.69, 9.17) is 21.0 Å². The van der Waals surface area contributed by atoms with Gasteiger partial charge in [-0.25, -0.2) is 14.5 Å². The molecule has 3 heterocycles. The lowest BCUT2D eigenvalue weighted by Gasteiger charge is -2.05. The summed E-state index contributed by atoms with van der Waals surface area (Å²) in [6.07, 6.45) is 0. The number of thiazole rings is 1. The monoisotopic (exact) mass is 497 g/mol. The van der Waals surface area contributed by atoms with Crippen LogP contribution in [0.15, 0.2) is 73.7 Å². The molecule has 0 radical (unpaired) electrons. The second kappa shape index (κ2) is 7.50. The Balaban J connectivity index is 1.64. The lowest BCUT2D eigenvalue weighted by atomic mass is 10.1. The van der Waals surface area contributed by atoms with E-state index in [2.05, 4.69) is 21.0 Å². The van der Waals surface area contributed by atoms with Crippen molar-refractivity contribution in [1.29, 1.82) is 0 Å². The largest absolute Gasteiger partial charge is 0.422 e. The zero-order valence-electron chi connectivity index (χ0n) is 15.6. The number of benzene rings is 2. The maximum atomic E-state index is 12.7. The van der Waals surface area contributed by atoms with Crippen LogP contribution in [0.3, 0.4) is 0 Å². The summed E-state index contributed by atoms with van der Waals surface area (Å²) in [6, 6.07) is 16.7. The van der Waals surface area contributed by atoms with E-state index in [-0.39, 0.29) is 0 Å². The Morgan fingerprint density at radius 1 is 1.10 bits per heavy atom. The molecule has 2 aromatic carbocycles. The molecule has 30 heavy (non-hydrogen) atoms. The molecule has 0 unspecified atom stereocenters. The normalized spacial score (nSPS) is 11.3. The van der Waals surface area contributed by atoms with Crippen molar-refractivity contribution in [2.24, 2.45) is 0 Å². The fraction of sp³-hybridized carbons (Fsp3) is 0.0455. The van der Waals surface area contributed by atoms with Gasteiger partial charge in [-0.2, -0.15) is 5.10 Å². The topological polar surface area (TPSA) is 60.9 Å². The fourth-order valence-corrected chi connectivity index (χ4v) is 4.47. The van der Waals surface area contributed by atoms with Gasteiger partial charge in [0.25, 0.3) is 0 Å². The molecule has 0 saturated heterocycles. The number of halogens is 2. The summed E-state index contributed by atoms with van der Waals surface area (Å²) < 4.78 is 8.21. The summed E-state index contributed by atoms with van der Waals surface area (Å²) >= 11 is 11.0. The van der Waals surface area contributed by atoms with Gasteiger partial charge in [0.2, 0.25) is 5.13 Å². The number of hydrogen-bond acceptors (Lipinski definition) is 5. The number of aryl methyl sites for hydroxylation is 1. The van der Waals surface area contributed by atoms with E-state index in [9.17, 15) is 4.79 Å². The molecule has 8 heteroatoms. The Bertz CT molecular complexity index is 1450. The van der Waals surface area contributed by atoms with Crippen molar-refractivity contribution in [3.05, 3.63) is 85.6 Å². The SMILES string of the molecule is Cc1cc(-c2cc3cc(Cl)ccc3oc2=O)n(-c2nc(-c3ccc(Br)cc3)cs2)n1. The number of rotatable bonds is 3. The number of fused-ring (bicyclic) bond motifs is 1. The molecule has 0 aliphatic rings. The standard InChI is InChI=1S/C22H13BrClN3O2S/c1-12-8-19(17-10-14-9-16(24)6-7-20(14)29-21(17)28)27(26-12)22-25-18(11-30-22)13-2-4-15(23)5-3-13/h2-11H,1H3. The van der Waals surface area contributed by atoms with Crippen LogP contribution in [0.1, 0.15) is 5.69 Å². The van der Waals surface area contributed by atoms with Crippen LogP contribution in [0.5, 0.6) is 0 Å². The molecule has 148 valence electrons. The van der Waals surface area contributed by atoms with Crippen LogP contribution >= 0.6 is 38.9 Å². The summed E-state index contributed by atoms with van der Waals surface area (Å²) in [7, 11) is 0. The average molecular weight is 499 g/mol. The van der Waals surface area contributed by atoms with E-state index < -0.39 is 5.63 Å². The smallest absolute Gasteiger partial charge is 0.345 e. The predicted molar refractivity (Wildman–Crippen MR) is 124 cm³/mol. The molecule has 0 bridgehead atoms. The van der Waals surface area contributed by atoms with Gasteiger partial charge in [0.15, 0.2) is 0 Å². The van der Waals surface area contributed by atoms with Crippen molar-refractivity contribution in [3.63, 3.8) is 0 Å². The van der Waals surface area contributed by atoms with Crippen molar-refractivity contribution < 1.29 is 4.42 Å². The summed E-state index contributed by atoms with van der Waals surface area (Å²) in [5.41, 5.74) is 3.71. The zero-order chi connectivity index (χ0) is 20.8. The van der Waals surface area contributed by atoms with Gasteiger partial charge in [0, 0.05) is 25.8 Å². The first-order valence-corrected chi connectivity index (χ1v) is 11.1. The predicted octanol–water partition coefficient (Wildman–Crippen LogP) is 6.49. The third-order valence-corrected chi connectivity index (χ3v) is 6.19. The lowest BCUT2D eigenvalue weighted by Crippen LogP contribution is -2.07. The van der Waals surface area contributed by atoms with E-state index in [0.29, 0.717) is 27.0 Å². The fourth-order valence-electron chi connectivity index (χ4n) is 3.22. The van der Waals surface area contributed by atoms with Gasteiger partial charge in [-0.1, -0.05) is 39.7 Å². The van der Waals surface area contributed by atoms with Gasteiger partial charge >= 0.3 is 5.63 Å². The number of nitrogens with zero attached hydrogens (tertiary/aromatic N) is 3. The van der Waals surface area contributed by atoms with Crippen LogP contribution in [-0.4, -0.2) is 14.8 Å². The minimum absolute atomic E-state index is 0.408. The lowest BCUT2D eigenvalue weighted by molar-refractivity contribution is 0.562. The second-order valence-corrected chi connectivity index (χ2v) is 8.92. The quantitative estimate of drug-likeness (QED) is 0.267. The van der Waals surface area contributed by atoms with Gasteiger partial charge < -0.3 is 4.42 Å². The van der Waals surface area contributed by atoms with Gasteiger partial charge in [-0.15, -0.1) is 11.3 Å². The Kier molecular flexibility index (Phi) is 4.81. The van der Waals surface area contributed by atoms with Crippen LogP contribution in [0.2, 0.25) is 5.02 Å². The molecular weight excluding hydrogens is 486 g/mol. The van der Waals surface area contributed by atoms with Crippen molar-refractivity contribution in [1.82, 2.24) is 14.8 Å². The van der Waals surface area contributed by atoms with Crippen molar-refractivity contribution >= 4 is 49.8 Å². The molecule has 5 aromatic rings. The molecule has 0 N–H and O–H groups in total. The highest BCUT2D eigenvalue weighted by Crippen LogP contribution is 2.30. The van der Waals surface area contributed by atoms with Gasteiger partial charge in [-0.05, 0) is 49.4 Å². The average Bonchev–Trinajstić information content (AvgIpc) is 3.35. The molecule has 0 spiro atoms. The molecular formula is C22H13BrClN3O2S. The van der Waals surface area contributed by atoms with Crippen LogP contribution in [-0.2, 0) is 0 Å². The van der Waals surface area contributed by atoms with Crippen molar-refractivity contribution in [2.45, 2.75) is 6.92 Å². The van der Waals surface area contributed by atoms with E-state index in [1.54, 1.807) is 28.9 Å². The first-order valence-electron chi connectivity index (χ1n) is 9.00. The highest BCUT2D eigenvalue weighted by atomic mass is 79.9. The Morgan fingerprint density at radius 3 is 2.70 bits per heavy atom. The third kappa shape index (κ3) is 3.49. The minimum atomic E-state index is -0.435. The highest BCUT2D eigenvalue weighted by Gasteiger charge is 2.18.